The number of aliphatic hydroxyl groups excluding tert-OH is 1. The number of nitrogens with one attached hydrogen (secondary N) is 5. The number of nitrogens with zero attached hydrogens (tertiary/aromatic N) is 8. The third kappa shape index (κ3) is 26.4. The van der Waals surface area contributed by atoms with E-state index in [4.69, 9.17) is 19.9 Å². The normalized spacial score (nSPS) is 15.2. The Hall–Kier alpha value is -12.2. The predicted molar refractivity (Wildman–Crippen MR) is 457 cm³/mol. The third-order valence-corrected chi connectivity index (χ3v) is 22.4. The number of imidazole rings is 1. The molecule has 33 nitrogen and oxygen atoms in total. The zero-order valence-corrected chi connectivity index (χ0v) is 71.7. The van der Waals surface area contributed by atoms with Crippen LogP contribution in [0.25, 0.3) is 11.2 Å². The molecule has 4 aromatic heterocycles. The summed E-state index contributed by atoms with van der Waals surface area (Å²) >= 11 is 0. The largest absolute Gasteiger partial charge is 0.480 e. The highest BCUT2D eigenvalue weighted by Gasteiger charge is 2.64. The number of amides is 4. The van der Waals surface area contributed by atoms with Crippen LogP contribution >= 0.6 is 0 Å². The molecule has 1 fully saturated rings. The summed E-state index contributed by atoms with van der Waals surface area (Å²) < 4.78 is 20.9. The summed E-state index contributed by atoms with van der Waals surface area (Å²) in [6.45, 7) is 11.5. The smallest absolute Gasteiger partial charge is 0.330 e. The minimum Gasteiger partial charge on any atom is -0.480 e. The van der Waals surface area contributed by atoms with Crippen molar-refractivity contribution in [3.8, 4) is 12.0 Å². The number of rotatable bonds is 53. The van der Waals surface area contributed by atoms with E-state index in [9.17, 15) is 58.2 Å². The molecule has 9 N–H and O–H groups in total. The molecule has 7 atom stereocenters. The van der Waals surface area contributed by atoms with Gasteiger partial charge in [-0.25, -0.2) is 9.48 Å². The van der Waals surface area contributed by atoms with Crippen LogP contribution in [0.2, 0.25) is 0 Å². The number of methoxy groups -OCH3 is 1. The number of H-pyrrole nitrogens is 1. The van der Waals surface area contributed by atoms with Gasteiger partial charge in [-0.1, -0.05) is 146 Å². The Bertz CT molecular complexity index is 4970. The first kappa shape index (κ1) is 95.6. The number of aliphatic hydroxyl groups is 1. The van der Waals surface area contributed by atoms with Crippen LogP contribution in [0.3, 0.4) is 0 Å². The maximum atomic E-state index is 17.0. The molecular weight excluding hydrogens is 1590 g/mol. The maximum Gasteiger partial charge on any atom is 0.330 e. The Kier molecular flexibility index (Phi) is 35.7. The molecule has 124 heavy (non-hydrogen) atoms. The summed E-state index contributed by atoms with van der Waals surface area (Å²) in [6.07, 6.45) is -2.74. The lowest BCUT2D eigenvalue weighted by molar-refractivity contribution is -0.160. The number of aromatic hydroxyl groups is 1. The first-order valence-electron chi connectivity index (χ1n) is 42.4. The quantitative estimate of drug-likeness (QED) is 0.0135. The second kappa shape index (κ2) is 46.3. The van der Waals surface area contributed by atoms with Gasteiger partial charge in [0.05, 0.1) is 61.9 Å². The summed E-state index contributed by atoms with van der Waals surface area (Å²) in [5, 5.41) is 40.6. The topological polar surface area (TPSA) is 476 Å². The second-order valence-corrected chi connectivity index (χ2v) is 31.8. The van der Waals surface area contributed by atoms with Gasteiger partial charge in [0.15, 0.2) is 40.1 Å². The van der Waals surface area contributed by atoms with Crippen molar-refractivity contribution < 1.29 is 82.0 Å². The van der Waals surface area contributed by atoms with Gasteiger partial charge in [-0.15, -0.1) is 5.10 Å². The molecule has 5 heterocycles. The number of aromatic amines is 1. The molecule has 0 saturated carbocycles. The third-order valence-electron chi connectivity index (χ3n) is 22.4. The van der Waals surface area contributed by atoms with Crippen LogP contribution in [-0.2, 0) is 106 Å². The zero-order chi connectivity index (χ0) is 89.7. The van der Waals surface area contributed by atoms with Gasteiger partial charge in [-0.2, -0.15) is 15.0 Å². The van der Waals surface area contributed by atoms with Crippen molar-refractivity contribution in [2.24, 2.45) is 5.41 Å². The Morgan fingerprint density at radius 2 is 0.968 bits per heavy atom. The number of aryl methyl sites for hydroxylation is 9. The molecule has 1 aliphatic rings. The Morgan fingerprint density at radius 1 is 0.548 bits per heavy atom. The van der Waals surface area contributed by atoms with E-state index in [2.05, 4.69) is 51.5 Å². The summed E-state index contributed by atoms with van der Waals surface area (Å²) in [5.41, 5.74) is 9.23. The number of hydrogen-bond donors (Lipinski definition) is 8. The summed E-state index contributed by atoms with van der Waals surface area (Å²) in [5.74, 6) is -11.0. The van der Waals surface area contributed by atoms with Crippen molar-refractivity contribution in [2.45, 2.75) is 252 Å². The maximum absolute atomic E-state index is 17.0. The number of nitrogen functional groups attached to an aromatic ring is 1. The van der Waals surface area contributed by atoms with Crippen LogP contribution in [0.1, 0.15) is 211 Å². The Labute approximate surface area is 718 Å². The fourth-order valence-corrected chi connectivity index (χ4v) is 15.0. The van der Waals surface area contributed by atoms with Gasteiger partial charge in [0.25, 0.3) is 11.6 Å². The molecule has 0 aliphatic carbocycles. The number of benzene rings is 4. The van der Waals surface area contributed by atoms with Crippen molar-refractivity contribution in [3.05, 3.63) is 186 Å². The molecule has 4 amide bonds. The van der Waals surface area contributed by atoms with E-state index in [-0.39, 0.29) is 149 Å². The lowest BCUT2D eigenvalue weighted by Crippen LogP contribution is -2.69. The molecule has 0 radical (unpaired) electrons. The van der Waals surface area contributed by atoms with Crippen molar-refractivity contribution in [1.29, 1.82) is 0 Å². The van der Waals surface area contributed by atoms with Gasteiger partial charge in [-0.3, -0.25) is 76.4 Å². The van der Waals surface area contributed by atoms with Crippen LogP contribution in [0.4, 0.5) is 5.82 Å². The Morgan fingerprint density at radius 3 is 1.40 bits per heavy atom. The van der Waals surface area contributed by atoms with E-state index >= 15 is 19.2 Å². The number of ether oxygens (including phenoxy) is 3. The zero-order valence-electron chi connectivity index (χ0n) is 71.7. The highest BCUT2D eigenvalue weighted by molar-refractivity contribution is 6.42. The first-order chi connectivity index (χ1) is 59.4. The number of ketones is 8. The number of aromatic nitrogens is 9. The van der Waals surface area contributed by atoms with Crippen molar-refractivity contribution in [2.75, 3.05) is 32.7 Å². The molecule has 4 aromatic carbocycles. The summed E-state index contributed by atoms with van der Waals surface area (Å²) in [4.78, 5) is 220. The van der Waals surface area contributed by atoms with Crippen molar-refractivity contribution in [3.63, 3.8) is 0 Å². The van der Waals surface area contributed by atoms with E-state index in [0.29, 0.717) is 36.1 Å². The standard InChI is InChI=1S/C91H114N14O19/c1-9-69(94-75(111)44-40-65(107)36-32-59-22-16-55(4)17-23-59)81(115)91(82(116)70(10-2)95-76(112)45-41-66(108)37-33-60-24-18-56(5)19-25-60,83(117)71(11-3)96-77(113)46-42-67(109)38-34-61-26-20-57(6)21-27-61)84(118)72(15-13-12-14-64-51-93-102-105(64)73-50-79(124-74(73)54-106)103-52-58(7)87(119)101-90(103)121)97-78(114)47-43-68(110)39-35-62-28-30-63(31-29-62)53-104-86-80(98-89(104)120)85(92)99-88(100-86)123-49-48-122-8/h16-31,51-52,69-74,79,106H,9-15,32-50,53-54H2,1-8H3,(H,94,111)(H,95,112)(H,96,113)(H,97,114)(H,98,120)(H2,92,99,100)(H,101,119,121). The van der Waals surface area contributed by atoms with Gasteiger partial charge in [0.1, 0.15) is 42.1 Å². The van der Waals surface area contributed by atoms with Gasteiger partial charge in [0.2, 0.25) is 29.0 Å². The van der Waals surface area contributed by atoms with Crippen LogP contribution < -0.4 is 43.0 Å². The fraction of sp³-hybridized carbons (Fsp3) is 0.484. The number of nitrogens with two attached hydrogens (primary N) is 1. The van der Waals surface area contributed by atoms with Gasteiger partial charge in [-0.05, 0) is 120 Å². The van der Waals surface area contributed by atoms with Crippen molar-refractivity contribution >= 4 is 86.9 Å². The minimum absolute atomic E-state index is 0.0189. The van der Waals surface area contributed by atoms with E-state index in [1.165, 1.54) is 61.0 Å². The SMILES string of the molecule is CCC(NC(=O)CCC(=O)CCc1ccc(C)cc1)C(=O)C(C(=O)C(CC)NC(=O)CCC(=O)CCc1ccc(C)cc1)(C(=O)C(CC)NC(=O)CCC(=O)CCc1ccc(C)cc1)C(=O)C(CCCCc1cnnn1C1CC(n2cc(C)c(=O)[nH]c2=O)OC1CO)NC(=O)CCC(=O)CCc1ccc(Cn2c(O)nc3c(N)nc(OCCOC)nc32)cc1. The fourth-order valence-electron chi connectivity index (χ4n) is 15.0. The predicted octanol–water partition coefficient (Wildman–Crippen LogP) is 7.46. The lowest BCUT2D eigenvalue weighted by atomic mass is 9.63. The minimum atomic E-state index is -3.68. The molecule has 1 aliphatic heterocycles. The van der Waals surface area contributed by atoms with Crippen molar-refractivity contribution in [1.82, 2.24) is 65.3 Å². The second-order valence-electron chi connectivity index (χ2n) is 31.8. The number of unbranched alkanes of at least 4 members (excludes halogenated alkanes) is 1. The van der Waals surface area contributed by atoms with Crippen LogP contribution in [0.15, 0.2) is 119 Å². The van der Waals surface area contributed by atoms with Gasteiger partial charge in [0, 0.05) is 102 Å². The highest BCUT2D eigenvalue weighted by atomic mass is 16.5. The molecule has 1 saturated heterocycles. The Balaban J connectivity index is 1.04. The van der Waals surface area contributed by atoms with Crippen LogP contribution in [0.5, 0.6) is 12.0 Å². The van der Waals surface area contributed by atoms with Gasteiger partial charge < -0.3 is 51.4 Å². The molecule has 662 valence electrons. The lowest BCUT2D eigenvalue weighted by Gasteiger charge is -2.38. The number of anilines is 1. The number of Topliss-reactive ketones (excluding diaryl/α,β-unsaturated/α-hetero) is 8. The monoisotopic (exact) mass is 1710 g/mol. The van der Waals surface area contributed by atoms with Crippen LogP contribution in [0, 0.1) is 33.1 Å². The van der Waals surface area contributed by atoms with Gasteiger partial charge >= 0.3 is 11.7 Å². The molecule has 7 unspecified atom stereocenters. The molecule has 33 heteroatoms. The molecule has 9 rings (SSSR count). The molecule has 0 bridgehead atoms. The number of carbonyl (C=O) groups excluding carboxylic acids is 12. The number of carbonyl (C=O) groups is 12. The molecular formula is C91H114N14O19. The number of hydrogen-bond acceptors (Lipinski definition) is 25. The molecule has 0 spiro atoms. The molecule has 8 aromatic rings. The van der Waals surface area contributed by atoms with E-state index in [1.54, 1.807) is 24.3 Å². The van der Waals surface area contributed by atoms with E-state index in [1.807, 2.05) is 93.6 Å². The number of fused-ring (bicyclic) bond motifs is 1. The van der Waals surface area contributed by atoms with E-state index in [0.717, 1.165) is 33.4 Å². The highest BCUT2D eigenvalue weighted by Crippen LogP contribution is 2.38. The first-order valence-corrected chi connectivity index (χ1v) is 42.4. The summed E-state index contributed by atoms with van der Waals surface area (Å²) in [7, 11) is 1.51. The van der Waals surface area contributed by atoms with Crippen LogP contribution in [-0.4, -0.2) is 181 Å². The average Bonchev–Trinajstić information content (AvgIpc) is 1.03. The average molecular weight is 1710 g/mol. The summed E-state index contributed by atoms with van der Waals surface area (Å²) in [6, 6.07) is 20.8. The van der Waals surface area contributed by atoms with E-state index < -0.39 is 176 Å².